The molecule has 0 amide bonds. The Morgan fingerprint density at radius 1 is 1.00 bits per heavy atom. The first-order valence-corrected chi connectivity index (χ1v) is 9.34. The molecule has 1 aromatic rings. The van der Waals surface area contributed by atoms with Gasteiger partial charge >= 0.3 is 31.3 Å². The van der Waals surface area contributed by atoms with Gasteiger partial charge in [0.05, 0.1) is 0 Å². The number of hydrogen-bond acceptors (Lipinski definition) is 8. The molecule has 2 rings (SSSR count). The van der Waals surface area contributed by atoms with E-state index in [2.05, 4.69) is 8.37 Å². The number of halogens is 6. The molecule has 1 aromatic carbocycles. The fourth-order valence-corrected chi connectivity index (χ4v) is 2.58. The van der Waals surface area contributed by atoms with Gasteiger partial charge < -0.3 is 13.7 Å². The third-order valence-electron chi connectivity index (χ3n) is 2.83. The van der Waals surface area contributed by atoms with E-state index in [1.54, 1.807) is 0 Å². The maximum atomic E-state index is 12.4. The van der Waals surface area contributed by atoms with Gasteiger partial charge in [0.25, 0.3) is 0 Å². The first kappa shape index (κ1) is 21.4. The van der Waals surface area contributed by atoms with E-state index in [4.69, 9.17) is 9.47 Å². The fraction of sp³-hybridized carbons (Fsp3) is 0.455. The molecule has 154 valence electrons. The molecule has 0 aromatic heterocycles. The van der Waals surface area contributed by atoms with Gasteiger partial charge in [0.2, 0.25) is 5.75 Å². The highest BCUT2D eigenvalue weighted by molar-refractivity contribution is 7.88. The maximum absolute atomic E-state index is 12.4. The Balaban J connectivity index is 2.20. The molecule has 0 radical (unpaired) electrons. The number of alkyl halides is 6. The zero-order valence-electron chi connectivity index (χ0n) is 12.6. The van der Waals surface area contributed by atoms with Gasteiger partial charge in [0, 0.05) is 0 Å². The molecule has 0 unspecified atom stereocenters. The van der Waals surface area contributed by atoms with Gasteiger partial charge in [-0.2, -0.15) is 43.2 Å². The van der Waals surface area contributed by atoms with E-state index in [1.807, 2.05) is 0 Å². The average molecular weight is 446 g/mol. The van der Waals surface area contributed by atoms with E-state index in [0.29, 0.717) is 0 Å². The first-order chi connectivity index (χ1) is 12.1. The lowest BCUT2D eigenvalue weighted by molar-refractivity contribution is -0.0573. The third kappa shape index (κ3) is 4.67. The van der Waals surface area contributed by atoms with Crippen LogP contribution in [0.25, 0.3) is 0 Å². The van der Waals surface area contributed by atoms with Crippen molar-refractivity contribution in [3.8, 4) is 17.2 Å². The summed E-state index contributed by atoms with van der Waals surface area (Å²) in [5, 5.41) is 0. The Kier molecular flexibility index (Phi) is 5.46. The molecule has 1 heterocycles. The van der Waals surface area contributed by atoms with Crippen molar-refractivity contribution in [2.45, 2.75) is 17.1 Å². The number of benzene rings is 1. The van der Waals surface area contributed by atoms with Crippen molar-refractivity contribution in [2.75, 3.05) is 13.2 Å². The topological polar surface area (TPSA) is 105 Å². The number of hydrogen-bond donors (Lipinski definition) is 0. The highest BCUT2D eigenvalue weighted by Gasteiger charge is 2.50. The van der Waals surface area contributed by atoms with Crippen LogP contribution in [0.1, 0.15) is 0 Å². The van der Waals surface area contributed by atoms with Gasteiger partial charge in [-0.1, -0.05) is 6.07 Å². The van der Waals surface area contributed by atoms with Crippen molar-refractivity contribution in [2.24, 2.45) is 0 Å². The lowest BCUT2D eigenvalue weighted by Gasteiger charge is -2.27. The third-order valence-corrected chi connectivity index (χ3v) is 4.81. The van der Waals surface area contributed by atoms with E-state index in [0.717, 1.165) is 18.2 Å². The summed E-state index contributed by atoms with van der Waals surface area (Å²) in [5.41, 5.74) is -11.5. The van der Waals surface area contributed by atoms with Gasteiger partial charge in [-0.25, -0.2) is 0 Å². The molecule has 0 bridgehead atoms. The van der Waals surface area contributed by atoms with E-state index in [-0.39, 0.29) is 5.75 Å². The summed E-state index contributed by atoms with van der Waals surface area (Å²) in [4.78, 5) is 0. The van der Waals surface area contributed by atoms with Gasteiger partial charge in [-0.05, 0) is 12.1 Å². The number of ether oxygens (including phenoxy) is 2. The molecular weight excluding hydrogens is 438 g/mol. The summed E-state index contributed by atoms with van der Waals surface area (Å²) < 4.78 is 135. The van der Waals surface area contributed by atoms with Crippen LogP contribution in [0.5, 0.6) is 17.2 Å². The monoisotopic (exact) mass is 446 g/mol. The highest BCUT2D eigenvalue weighted by Crippen LogP contribution is 2.42. The van der Waals surface area contributed by atoms with Gasteiger partial charge in [0.1, 0.15) is 13.2 Å². The molecule has 1 atom stereocenters. The second kappa shape index (κ2) is 6.90. The quantitative estimate of drug-likeness (QED) is 0.384. The van der Waals surface area contributed by atoms with Crippen LogP contribution in [-0.2, 0) is 24.4 Å². The molecule has 0 saturated carbocycles. The summed E-state index contributed by atoms with van der Waals surface area (Å²) in [7, 11) is -12.0. The molecule has 0 fully saturated rings. The van der Waals surface area contributed by atoms with Crippen LogP contribution in [-0.4, -0.2) is 47.2 Å². The normalized spacial score (nSPS) is 18.2. The Hall–Kier alpha value is -1.94. The van der Waals surface area contributed by atoms with E-state index < -0.39 is 62.1 Å². The van der Waals surface area contributed by atoms with Crippen LogP contribution in [0.3, 0.4) is 0 Å². The molecule has 27 heavy (non-hydrogen) atoms. The maximum Gasteiger partial charge on any atom is 0.534 e. The minimum atomic E-state index is -6.07. The van der Waals surface area contributed by atoms with Gasteiger partial charge in [-0.3, -0.25) is 4.18 Å². The van der Waals surface area contributed by atoms with Crippen molar-refractivity contribution >= 4 is 20.2 Å². The summed E-state index contributed by atoms with van der Waals surface area (Å²) in [6, 6.07) is 2.97. The lowest BCUT2D eigenvalue weighted by atomic mass is 10.2. The SMILES string of the molecule is O=S(=O)(OC[C@H]1COc2cccc(OS(=O)(=O)C(F)(F)F)c2O1)C(F)(F)F. The molecule has 8 nitrogen and oxygen atoms in total. The summed E-state index contributed by atoms with van der Waals surface area (Å²) >= 11 is 0. The van der Waals surface area contributed by atoms with Gasteiger partial charge in [0.15, 0.2) is 17.6 Å². The lowest BCUT2D eigenvalue weighted by Crippen LogP contribution is -2.37. The van der Waals surface area contributed by atoms with E-state index >= 15 is 0 Å². The van der Waals surface area contributed by atoms with Crippen LogP contribution < -0.4 is 13.7 Å². The summed E-state index contributed by atoms with van der Waals surface area (Å²) in [5.74, 6) is -1.93. The second-order valence-electron chi connectivity index (χ2n) is 4.80. The molecule has 0 N–H and O–H groups in total. The second-order valence-corrected chi connectivity index (χ2v) is 7.95. The Labute approximate surface area is 147 Å². The summed E-state index contributed by atoms with van der Waals surface area (Å²) in [6.07, 6.45) is -1.52. The highest BCUT2D eigenvalue weighted by atomic mass is 32.2. The Morgan fingerprint density at radius 2 is 1.59 bits per heavy atom. The molecule has 0 saturated heterocycles. The summed E-state index contributed by atoms with van der Waals surface area (Å²) in [6.45, 7) is -1.74. The van der Waals surface area contributed by atoms with Crippen LogP contribution >= 0.6 is 0 Å². The number of para-hydroxylation sites is 1. The fourth-order valence-electron chi connectivity index (χ4n) is 1.65. The van der Waals surface area contributed by atoms with Crippen LogP contribution in [0.15, 0.2) is 18.2 Å². The molecular formula is C11H8F6O8S2. The Morgan fingerprint density at radius 3 is 2.15 bits per heavy atom. The average Bonchev–Trinajstić information content (AvgIpc) is 2.51. The zero-order valence-corrected chi connectivity index (χ0v) is 14.2. The van der Waals surface area contributed by atoms with Crippen molar-refractivity contribution < 1.29 is 61.0 Å². The first-order valence-electron chi connectivity index (χ1n) is 6.53. The van der Waals surface area contributed by atoms with Crippen molar-refractivity contribution in [1.29, 1.82) is 0 Å². The standard InChI is InChI=1S/C11H8F6O8S2/c12-10(13,14)26(18,19)23-5-6-4-22-7-2-1-3-8(9(7)24-6)25-27(20,21)11(15,16)17/h1-3,6H,4-5H2/t6-/m1/s1. The molecule has 1 aliphatic rings. The van der Waals surface area contributed by atoms with Crippen LogP contribution in [0.4, 0.5) is 26.3 Å². The van der Waals surface area contributed by atoms with Crippen molar-refractivity contribution in [3.05, 3.63) is 18.2 Å². The van der Waals surface area contributed by atoms with Crippen LogP contribution in [0.2, 0.25) is 0 Å². The molecule has 16 heteroatoms. The predicted molar refractivity (Wildman–Crippen MR) is 72.9 cm³/mol. The molecule has 0 aliphatic carbocycles. The van der Waals surface area contributed by atoms with E-state index in [9.17, 15) is 43.2 Å². The largest absolute Gasteiger partial charge is 0.534 e. The van der Waals surface area contributed by atoms with Crippen molar-refractivity contribution in [1.82, 2.24) is 0 Å². The minimum Gasteiger partial charge on any atom is -0.486 e. The number of rotatable bonds is 5. The zero-order chi connectivity index (χ0) is 20.7. The minimum absolute atomic E-state index is 0.278. The van der Waals surface area contributed by atoms with Gasteiger partial charge in [-0.15, -0.1) is 0 Å². The van der Waals surface area contributed by atoms with Crippen molar-refractivity contribution in [3.63, 3.8) is 0 Å². The van der Waals surface area contributed by atoms with E-state index in [1.165, 1.54) is 0 Å². The smallest absolute Gasteiger partial charge is 0.486 e. The molecule has 0 spiro atoms. The molecule has 1 aliphatic heterocycles. The predicted octanol–water partition coefficient (Wildman–Crippen LogP) is 1.92. The number of fused-ring (bicyclic) bond motifs is 1. The van der Waals surface area contributed by atoms with Crippen LogP contribution in [0, 0.1) is 0 Å². The Bertz CT molecular complexity index is 906.